The lowest BCUT2D eigenvalue weighted by Gasteiger charge is -2.13. The molecule has 0 saturated carbocycles. The highest BCUT2D eigenvalue weighted by Crippen LogP contribution is 2.33. The van der Waals surface area contributed by atoms with Crippen LogP contribution in [0.15, 0.2) is 22.7 Å². The van der Waals surface area contributed by atoms with Crippen molar-refractivity contribution in [1.82, 2.24) is 20.8 Å². The van der Waals surface area contributed by atoms with Gasteiger partial charge in [0.25, 0.3) is 5.89 Å². The van der Waals surface area contributed by atoms with Crippen LogP contribution >= 0.6 is 0 Å². The summed E-state index contributed by atoms with van der Waals surface area (Å²) in [5.41, 5.74) is 2.68. The molecule has 3 rings (SSSR count). The predicted molar refractivity (Wildman–Crippen MR) is 73.3 cm³/mol. The van der Waals surface area contributed by atoms with Gasteiger partial charge < -0.3 is 15.2 Å². The van der Waals surface area contributed by atoms with Gasteiger partial charge >= 0.3 is 12.5 Å². The Labute approximate surface area is 124 Å². The molecule has 0 fully saturated rings. The molecule has 1 aliphatic rings. The predicted octanol–water partition coefficient (Wildman–Crippen LogP) is 2.59. The maximum absolute atomic E-state index is 12.5. The van der Waals surface area contributed by atoms with Crippen LogP contribution in [0.25, 0.3) is 11.4 Å². The highest BCUT2D eigenvalue weighted by atomic mass is 19.3. The minimum Gasteiger partial charge on any atom is -0.341 e. The van der Waals surface area contributed by atoms with Crippen molar-refractivity contribution in [2.45, 2.75) is 25.3 Å². The second-order valence-electron chi connectivity index (χ2n) is 4.99. The molecule has 2 N–H and O–H groups in total. The Kier molecular flexibility index (Phi) is 3.74. The van der Waals surface area contributed by atoms with Crippen molar-refractivity contribution in [3.63, 3.8) is 0 Å². The lowest BCUT2D eigenvalue weighted by atomic mass is 10.0. The minimum absolute atomic E-state index is 0.0501. The van der Waals surface area contributed by atoms with E-state index in [1.54, 1.807) is 13.1 Å². The number of aromatic nitrogens is 2. The topological polar surface area (TPSA) is 80.0 Å². The fourth-order valence-electron chi connectivity index (χ4n) is 2.58. The summed E-state index contributed by atoms with van der Waals surface area (Å²) in [6.07, 6.45) is -1.20. The number of carbonyl (C=O) groups excluding carboxylic acids is 1. The molecule has 2 amide bonds. The van der Waals surface area contributed by atoms with Gasteiger partial charge in [-0.3, -0.25) is 0 Å². The maximum Gasteiger partial charge on any atom is 0.315 e. The first-order chi connectivity index (χ1) is 10.6. The van der Waals surface area contributed by atoms with Crippen LogP contribution in [-0.2, 0) is 6.42 Å². The molecule has 2 aromatic rings. The Morgan fingerprint density at radius 1 is 1.45 bits per heavy atom. The van der Waals surface area contributed by atoms with Gasteiger partial charge in [-0.25, -0.2) is 4.79 Å². The third kappa shape index (κ3) is 2.63. The molecule has 1 aliphatic carbocycles. The number of halogens is 2. The number of alkyl halides is 2. The van der Waals surface area contributed by atoms with E-state index in [-0.39, 0.29) is 17.9 Å². The molecule has 8 heteroatoms. The summed E-state index contributed by atoms with van der Waals surface area (Å²) in [4.78, 5) is 15.1. The molecule has 0 radical (unpaired) electrons. The van der Waals surface area contributed by atoms with Crippen LogP contribution in [-0.4, -0.2) is 23.2 Å². The van der Waals surface area contributed by atoms with E-state index in [1.807, 2.05) is 12.1 Å². The maximum atomic E-state index is 12.5. The van der Waals surface area contributed by atoms with Crippen LogP contribution in [0, 0.1) is 0 Å². The van der Waals surface area contributed by atoms with Crippen LogP contribution in [0.4, 0.5) is 13.6 Å². The molecule has 1 aromatic heterocycles. The summed E-state index contributed by atoms with van der Waals surface area (Å²) >= 11 is 0. The SMILES string of the molecule is CNC(=O)NC1CCc2cc(-c3noc(C(F)F)n3)ccc21. The number of aryl methyl sites for hydroxylation is 1. The van der Waals surface area contributed by atoms with Crippen LogP contribution < -0.4 is 10.6 Å². The third-order valence-electron chi connectivity index (χ3n) is 3.64. The molecule has 6 nitrogen and oxygen atoms in total. The van der Waals surface area contributed by atoms with E-state index in [1.165, 1.54) is 0 Å². The number of fused-ring (bicyclic) bond motifs is 1. The molecule has 0 bridgehead atoms. The monoisotopic (exact) mass is 308 g/mol. The number of hydrogen-bond donors (Lipinski definition) is 2. The highest BCUT2D eigenvalue weighted by Gasteiger charge is 2.25. The Morgan fingerprint density at radius 2 is 2.27 bits per heavy atom. The van der Waals surface area contributed by atoms with Gasteiger partial charge in [-0.15, -0.1) is 0 Å². The van der Waals surface area contributed by atoms with E-state index in [0.29, 0.717) is 5.56 Å². The van der Waals surface area contributed by atoms with Crippen molar-refractivity contribution in [3.05, 3.63) is 35.2 Å². The number of nitrogens with one attached hydrogen (secondary N) is 2. The Balaban J connectivity index is 1.84. The first-order valence-electron chi connectivity index (χ1n) is 6.81. The van der Waals surface area contributed by atoms with E-state index in [2.05, 4.69) is 25.3 Å². The first-order valence-corrected chi connectivity index (χ1v) is 6.81. The average Bonchev–Trinajstić information content (AvgIpc) is 3.14. The highest BCUT2D eigenvalue weighted by molar-refractivity contribution is 5.74. The average molecular weight is 308 g/mol. The summed E-state index contributed by atoms with van der Waals surface area (Å²) < 4.78 is 29.5. The van der Waals surface area contributed by atoms with Crippen LogP contribution in [0.1, 0.15) is 35.9 Å². The van der Waals surface area contributed by atoms with Gasteiger partial charge in [0, 0.05) is 12.6 Å². The zero-order valence-electron chi connectivity index (χ0n) is 11.8. The molecule has 22 heavy (non-hydrogen) atoms. The van der Waals surface area contributed by atoms with Gasteiger partial charge in [-0.05, 0) is 30.0 Å². The second kappa shape index (κ2) is 5.70. The van der Waals surface area contributed by atoms with Crippen molar-refractivity contribution in [2.24, 2.45) is 0 Å². The fraction of sp³-hybridized carbons (Fsp3) is 0.357. The number of rotatable bonds is 3. The van der Waals surface area contributed by atoms with Gasteiger partial charge in [0.15, 0.2) is 0 Å². The number of amides is 2. The zero-order chi connectivity index (χ0) is 15.7. The number of nitrogens with zero attached hydrogens (tertiary/aromatic N) is 2. The number of carbonyl (C=O) groups is 1. The molecule has 0 spiro atoms. The largest absolute Gasteiger partial charge is 0.341 e. The smallest absolute Gasteiger partial charge is 0.315 e. The van der Waals surface area contributed by atoms with Crippen LogP contribution in [0.5, 0.6) is 0 Å². The standard InChI is InChI=1S/C14H14F2N4O2/c1-17-14(21)18-10-5-3-7-6-8(2-4-9(7)10)12-19-13(11(15)16)22-20-12/h2,4,6,10-11H,3,5H2,1H3,(H2,17,18,21). The quantitative estimate of drug-likeness (QED) is 0.913. The van der Waals surface area contributed by atoms with E-state index >= 15 is 0 Å². The summed E-state index contributed by atoms with van der Waals surface area (Å²) in [7, 11) is 1.56. The van der Waals surface area contributed by atoms with Crippen molar-refractivity contribution in [3.8, 4) is 11.4 Å². The summed E-state index contributed by atoms with van der Waals surface area (Å²) in [6, 6.07) is 5.16. The molecule has 1 unspecified atom stereocenters. The molecule has 1 heterocycles. The molecule has 1 atom stereocenters. The lowest BCUT2D eigenvalue weighted by molar-refractivity contribution is 0.106. The molecule has 0 saturated heterocycles. The van der Waals surface area contributed by atoms with E-state index in [9.17, 15) is 13.6 Å². The van der Waals surface area contributed by atoms with Gasteiger partial charge in [-0.1, -0.05) is 17.3 Å². The third-order valence-corrected chi connectivity index (χ3v) is 3.64. The van der Waals surface area contributed by atoms with Crippen LogP contribution in [0.2, 0.25) is 0 Å². The van der Waals surface area contributed by atoms with E-state index < -0.39 is 12.3 Å². The van der Waals surface area contributed by atoms with Crippen molar-refractivity contribution in [2.75, 3.05) is 7.05 Å². The molecular weight excluding hydrogens is 294 g/mol. The van der Waals surface area contributed by atoms with E-state index in [0.717, 1.165) is 24.0 Å². The Bertz CT molecular complexity index is 702. The second-order valence-corrected chi connectivity index (χ2v) is 4.99. The normalized spacial score (nSPS) is 16.6. The molecule has 116 valence electrons. The van der Waals surface area contributed by atoms with Crippen molar-refractivity contribution in [1.29, 1.82) is 0 Å². The van der Waals surface area contributed by atoms with Gasteiger partial charge in [-0.2, -0.15) is 13.8 Å². The number of urea groups is 1. The molecule has 0 aliphatic heterocycles. The van der Waals surface area contributed by atoms with Crippen LogP contribution in [0.3, 0.4) is 0 Å². The van der Waals surface area contributed by atoms with Crippen molar-refractivity contribution < 1.29 is 18.1 Å². The molecule has 1 aromatic carbocycles. The fourth-order valence-corrected chi connectivity index (χ4v) is 2.58. The van der Waals surface area contributed by atoms with E-state index in [4.69, 9.17) is 0 Å². The Morgan fingerprint density at radius 3 is 2.95 bits per heavy atom. The van der Waals surface area contributed by atoms with Gasteiger partial charge in [0.1, 0.15) is 0 Å². The molecular formula is C14H14F2N4O2. The first kappa shape index (κ1) is 14.4. The van der Waals surface area contributed by atoms with Crippen molar-refractivity contribution >= 4 is 6.03 Å². The van der Waals surface area contributed by atoms with Gasteiger partial charge in [0.2, 0.25) is 5.82 Å². The number of hydrogen-bond acceptors (Lipinski definition) is 4. The Hall–Kier alpha value is -2.51. The summed E-state index contributed by atoms with van der Waals surface area (Å²) in [6.45, 7) is 0. The zero-order valence-corrected chi connectivity index (χ0v) is 11.8. The minimum atomic E-state index is -2.78. The summed E-state index contributed by atoms with van der Waals surface area (Å²) in [5.74, 6) is -0.546. The van der Waals surface area contributed by atoms with Gasteiger partial charge in [0.05, 0.1) is 6.04 Å². The lowest BCUT2D eigenvalue weighted by Crippen LogP contribution is -2.34. The summed E-state index contributed by atoms with van der Waals surface area (Å²) in [5, 5.41) is 8.95. The number of benzene rings is 1.